The van der Waals surface area contributed by atoms with Gasteiger partial charge < -0.3 is 15.7 Å². The molecule has 3 aromatic rings. The van der Waals surface area contributed by atoms with Gasteiger partial charge in [0, 0.05) is 17.3 Å². The Balaban J connectivity index is 1.62. The third-order valence-corrected chi connectivity index (χ3v) is 4.68. The van der Waals surface area contributed by atoms with Crippen molar-refractivity contribution in [3.8, 4) is 0 Å². The van der Waals surface area contributed by atoms with Crippen LogP contribution in [0.3, 0.4) is 0 Å². The first kappa shape index (κ1) is 18.9. The van der Waals surface area contributed by atoms with E-state index in [-0.39, 0.29) is 6.54 Å². The molecule has 0 bridgehead atoms. The second kappa shape index (κ2) is 8.20. The van der Waals surface area contributed by atoms with E-state index in [2.05, 4.69) is 10.6 Å². The molecule has 0 heterocycles. The van der Waals surface area contributed by atoms with Crippen LogP contribution in [0.2, 0.25) is 5.02 Å². The van der Waals surface area contributed by atoms with Gasteiger partial charge in [0.1, 0.15) is 0 Å². The van der Waals surface area contributed by atoms with E-state index in [4.69, 9.17) is 11.6 Å². The fraction of sp³-hybridized carbons (Fsp3) is 0.143. The maximum Gasteiger partial charge on any atom is 0.313 e. The normalized spacial score (nSPS) is 11.8. The SMILES string of the molecule is Cc1ccc(NC(=O)C(=O)NC[C@H](O)c2cccc3ccccc23)cc1Cl. The summed E-state index contributed by atoms with van der Waals surface area (Å²) < 4.78 is 0. The van der Waals surface area contributed by atoms with Crippen LogP contribution >= 0.6 is 11.6 Å². The van der Waals surface area contributed by atoms with Crippen LogP contribution in [0.5, 0.6) is 0 Å². The fourth-order valence-corrected chi connectivity index (χ4v) is 2.96. The Morgan fingerprint density at radius 2 is 1.78 bits per heavy atom. The number of aryl methyl sites for hydroxylation is 1. The molecule has 0 saturated heterocycles. The summed E-state index contributed by atoms with van der Waals surface area (Å²) in [7, 11) is 0. The van der Waals surface area contributed by atoms with Crippen molar-refractivity contribution in [1.82, 2.24) is 5.32 Å². The topological polar surface area (TPSA) is 78.4 Å². The minimum absolute atomic E-state index is 0.0745. The van der Waals surface area contributed by atoms with Crippen molar-refractivity contribution < 1.29 is 14.7 Å². The summed E-state index contributed by atoms with van der Waals surface area (Å²) >= 11 is 6.01. The zero-order chi connectivity index (χ0) is 19.4. The molecule has 6 heteroatoms. The molecule has 3 rings (SSSR count). The number of fused-ring (bicyclic) bond motifs is 1. The van der Waals surface area contributed by atoms with Crippen molar-refractivity contribution in [2.75, 3.05) is 11.9 Å². The molecule has 0 aliphatic carbocycles. The van der Waals surface area contributed by atoms with Crippen LogP contribution in [0.1, 0.15) is 17.2 Å². The Kier molecular flexibility index (Phi) is 5.74. The van der Waals surface area contributed by atoms with Crippen LogP contribution in [0.4, 0.5) is 5.69 Å². The number of carbonyl (C=O) groups excluding carboxylic acids is 2. The summed E-state index contributed by atoms with van der Waals surface area (Å²) in [5, 5.41) is 17.8. The van der Waals surface area contributed by atoms with Gasteiger partial charge in [0.2, 0.25) is 0 Å². The molecule has 0 aliphatic heterocycles. The number of carbonyl (C=O) groups is 2. The quantitative estimate of drug-likeness (QED) is 0.603. The highest BCUT2D eigenvalue weighted by Gasteiger charge is 2.17. The third-order valence-electron chi connectivity index (χ3n) is 4.27. The highest BCUT2D eigenvalue weighted by molar-refractivity contribution is 6.39. The summed E-state index contributed by atoms with van der Waals surface area (Å²) in [6.07, 6.45) is -0.929. The van der Waals surface area contributed by atoms with E-state index in [1.165, 1.54) is 0 Å². The standard InChI is InChI=1S/C21H19ClN2O3/c1-13-9-10-15(11-18(13)22)24-21(27)20(26)23-12-19(25)17-8-4-6-14-5-2-3-7-16(14)17/h2-11,19,25H,12H2,1H3,(H,23,26)(H,24,27)/t19-/m0/s1. The molecule has 27 heavy (non-hydrogen) atoms. The molecule has 0 aromatic heterocycles. The van der Waals surface area contributed by atoms with Crippen molar-refractivity contribution >= 4 is 39.9 Å². The highest BCUT2D eigenvalue weighted by Crippen LogP contribution is 2.24. The molecular formula is C21H19ClN2O3. The van der Waals surface area contributed by atoms with Crippen LogP contribution in [0.15, 0.2) is 60.7 Å². The lowest BCUT2D eigenvalue weighted by Crippen LogP contribution is -2.37. The fourth-order valence-electron chi connectivity index (χ4n) is 2.78. The second-order valence-corrected chi connectivity index (χ2v) is 6.62. The van der Waals surface area contributed by atoms with E-state index in [0.29, 0.717) is 16.3 Å². The smallest absolute Gasteiger partial charge is 0.313 e. The molecule has 5 nitrogen and oxygen atoms in total. The number of nitrogens with one attached hydrogen (secondary N) is 2. The molecule has 3 aromatic carbocycles. The van der Waals surface area contributed by atoms with E-state index in [1.54, 1.807) is 24.3 Å². The zero-order valence-electron chi connectivity index (χ0n) is 14.7. The van der Waals surface area contributed by atoms with Gasteiger partial charge in [-0.3, -0.25) is 9.59 Å². The molecular weight excluding hydrogens is 364 g/mol. The molecule has 0 radical (unpaired) electrons. The first-order valence-corrected chi connectivity index (χ1v) is 8.84. The molecule has 2 amide bonds. The van der Waals surface area contributed by atoms with E-state index in [0.717, 1.165) is 16.3 Å². The summed E-state index contributed by atoms with van der Waals surface area (Å²) in [5.41, 5.74) is 2.00. The number of rotatable bonds is 4. The van der Waals surface area contributed by atoms with Gasteiger partial charge in [0.05, 0.1) is 6.10 Å². The number of hydrogen-bond acceptors (Lipinski definition) is 3. The summed E-state index contributed by atoms with van der Waals surface area (Å²) in [4.78, 5) is 24.1. The van der Waals surface area contributed by atoms with Crippen LogP contribution < -0.4 is 10.6 Å². The van der Waals surface area contributed by atoms with Crippen molar-refractivity contribution in [1.29, 1.82) is 0 Å². The number of aliphatic hydroxyl groups excluding tert-OH is 1. The minimum atomic E-state index is -0.929. The van der Waals surface area contributed by atoms with Crippen molar-refractivity contribution in [2.45, 2.75) is 13.0 Å². The Labute approximate surface area is 162 Å². The van der Waals surface area contributed by atoms with E-state index >= 15 is 0 Å². The van der Waals surface area contributed by atoms with Gasteiger partial charge in [-0.25, -0.2) is 0 Å². The van der Waals surface area contributed by atoms with Gasteiger partial charge in [-0.15, -0.1) is 0 Å². The second-order valence-electron chi connectivity index (χ2n) is 6.21. The number of anilines is 1. The predicted octanol–water partition coefficient (Wildman–Crippen LogP) is 3.59. The molecule has 0 saturated carbocycles. The minimum Gasteiger partial charge on any atom is -0.387 e. The van der Waals surface area contributed by atoms with E-state index in [1.807, 2.05) is 43.3 Å². The summed E-state index contributed by atoms with van der Waals surface area (Å²) in [6.45, 7) is 1.77. The van der Waals surface area contributed by atoms with Gasteiger partial charge in [0.15, 0.2) is 0 Å². The van der Waals surface area contributed by atoms with Gasteiger partial charge in [-0.2, -0.15) is 0 Å². The maximum atomic E-state index is 12.0. The molecule has 0 fully saturated rings. The Morgan fingerprint density at radius 3 is 2.56 bits per heavy atom. The first-order valence-electron chi connectivity index (χ1n) is 8.47. The molecule has 138 valence electrons. The van der Waals surface area contributed by atoms with Gasteiger partial charge >= 0.3 is 11.8 Å². The van der Waals surface area contributed by atoms with Crippen molar-refractivity contribution in [3.63, 3.8) is 0 Å². The number of halogens is 1. The lowest BCUT2D eigenvalue weighted by Gasteiger charge is -2.14. The molecule has 0 spiro atoms. The van der Waals surface area contributed by atoms with Crippen LogP contribution in [-0.2, 0) is 9.59 Å². The lowest BCUT2D eigenvalue weighted by atomic mass is 10.0. The van der Waals surface area contributed by atoms with Gasteiger partial charge in [0.25, 0.3) is 0 Å². The molecule has 0 unspecified atom stereocenters. The Morgan fingerprint density at radius 1 is 1.04 bits per heavy atom. The lowest BCUT2D eigenvalue weighted by molar-refractivity contribution is -0.136. The third kappa shape index (κ3) is 4.45. The summed E-state index contributed by atoms with van der Waals surface area (Å²) in [5.74, 6) is -1.65. The first-order chi connectivity index (χ1) is 13.0. The van der Waals surface area contributed by atoms with Crippen LogP contribution in [0, 0.1) is 6.92 Å². The number of aliphatic hydroxyl groups is 1. The summed E-state index contributed by atoms with van der Waals surface area (Å²) in [6, 6.07) is 18.2. The average molecular weight is 383 g/mol. The molecule has 1 atom stereocenters. The predicted molar refractivity (Wildman–Crippen MR) is 107 cm³/mol. The highest BCUT2D eigenvalue weighted by atomic mass is 35.5. The zero-order valence-corrected chi connectivity index (χ0v) is 15.5. The largest absolute Gasteiger partial charge is 0.387 e. The number of benzene rings is 3. The van der Waals surface area contributed by atoms with E-state index in [9.17, 15) is 14.7 Å². The number of hydrogen-bond donors (Lipinski definition) is 3. The van der Waals surface area contributed by atoms with Gasteiger partial charge in [-0.1, -0.05) is 60.1 Å². The van der Waals surface area contributed by atoms with E-state index < -0.39 is 17.9 Å². The number of amides is 2. The Bertz CT molecular complexity index is 998. The monoisotopic (exact) mass is 382 g/mol. The maximum absolute atomic E-state index is 12.0. The van der Waals surface area contributed by atoms with Crippen LogP contribution in [0.25, 0.3) is 10.8 Å². The van der Waals surface area contributed by atoms with Gasteiger partial charge in [-0.05, 0) is 41.0 Å². The van der Waals surface area contributed by atoms with Crippen molar-refractivity contribution in [2.24, 2.45) is 0 Å². The van der Waals surface area contributed by atoms with Crippen molar-refractivity contribution in [3.05, 3.63) is 76.8 Å². The van der Waals surface area contributed by atoms with Crippen LogP contribution in [-0.4, -0.2) is 23.5 Å². The molecule has 3 N–H and O–H groups in total. The average Bonchev–Trinajstić information content (AvgIpc) is 2.68. The molecule has 0 aliphatic rings. The Hall–Kier alpha value is -2.89.